The summed E-state index contributed by atoms with van der Waals surface area (Å²) in [4.78, 5) is 14.7. The third kappa shape index (κ3) is 2.39. The van der Waals surface area contributed by atoms with Gasteiger partial charge in [0.2, 0.25) is 5.91 Å². The van der Waals surface area contributed by atoms with Crippen LogP contribution in [0.1, 0.15) is 45.1 Å². The monoisotopic (exact) mass is 269 g/mol. The Balaban J connectivity index is 1.94. The van der Waals surface area contributed by atoms with E-state index in [-0.39, 0.29) is 5.92 Å². The van der Waals surface area contributed by atoms with Crippen molar-refractivity contribution in [3.8, 4) is 0 Å². The van der Waals surface area contributed by atoms with Gasteiger partial charge in [0, 0.05) is 11.6 Å². The summed E-state index contributed by atoms with van der Waals surface area (Å²) in [7, 11) is 0. The van der Waals surface area contributed by atoms with E-state index in [0.717, 1.165) is 13.0 Å². The molecule has 1 heterocycles. The largest absolute Gasteiger partial charge is 0.311 e. The molecule has 1 aromatic carbocycles. The molecule has 2 atom stereocenters. The summed E-state index contributed by atoms with van der Waals surface area (Å²) in [5.74, 6) is 0.975. The van der Waals surface area contributed by atoms with Crippen LogP contribution in [0.15, 0.2) is 41.6 Å². The predicted molar refractivity (Wildman–Crippen MR) is 80.8 cm³/mol. The first kappa shape index (κ1) is 13.4. The molecule has 1 aliphatic carbocycles. The highest BCUT2D eigenvalue weighted by Crippen LogP contribution is 2.40. The van der Waals surface area contributed by atoms with E-state index >= 15 is 0 Å². The molecule has 0 saturated carbocycles. The van der Waals surface area contributed by atoms with Crippen molar-refractivity contribution in [1.82, 2.24) is 4.90 Å². The molecule has 0 fully saturated rings. The van der Waals surface area contributed by atoms with Crippen LogP contribution >= 0.6 is 0 Å². The molecule has 0 bridgehead atoms. The molecule has 1 aromatic rings. The number of carbonyl (C=O) groups is 1. The van der Waals surface area contributed by atoms with Crippen LogP contribution in [-0.2, 0) is 11.3 Å². The first-order chi connectivity index (χ1) is 9.66. The summed E-state index contributed by atoms with van der Waals surface area (Å²) in [6.45, 7) is 5.08. The van der Waals surface area contributed by atoms with Gasteiger partial charge >= 0.3 is 0 Å². The van der Waals surface area contributed by atoms with Crippen molar-refractivity contribution in [1.29, 1.82) is 0 Å². The maximum absolute atomic E-state index is 12.6. The number of carbonyl (C=O) groups excluding carboxylic acids is 1. The van der Waals surface area contributed by atoms with Crippen LogP contribution < -0.4 is 0 Å². The van der Waals surface area contributed by atoms with E-state index < -0.39 is 0 Å². The predicted octanol–water partition coefficient (Wildman–Crippen LogP) is 4.13. The van der Waals surface area contributed by atoms with Gasteiger partial charge in [0.1, 0.15) is 0 Å². The van der Waals surface area contributed by atoms with Gasteiger partial charge in [-0.25, -0.2) is 0 Å². The van der Waals surface area contributed by atoms with Gasteiger partial charge in [0.15, 0.2) is 0 Å². The van der Waals surface area contributed by atoms with E-state index in [9.17, 15) is 4.79 Å². The second kappa shape index (κ2) is 5.43. The lowest BCUT2D eigenvalue weighted by Crippen LogP contribution is -2.41. The molecule has 0 N–H and O–H groups in total. The molecule has 2 aliphatic rings. The Morgan fingerprint density at radius 3 is 2.65 bits per heavy atom. The fraction of sp³-hybridized carbons (Fsp3) is 0.500. The van der Waals surface area contributed by atoms with Crippen molar-refractivity contribution in [2.24, 2.45) is 11.8 Å². The molecular formula is C18H23NO. The lowest BCUT2D eigenvalue weighted by Gasteiger charge is -2.40. The zero-order chi connectivity index (χ0) is 14.1. The first-order valence-corrected chi connectivity index (χ1v) is 7.74. The molecule has 1 aliphatic heterocycles. The molecule has 106 valence electrons. The lowest BCUT2D eigenvalue weighted by atomic mass is 9.80. The molecule has 0 aromatic heterocycles. The molecule has 1 amide bonds. The minimum absolute atomic E-state index is 0.141. The minimum atomic E-state index is 0.141. The summed E-state index contributed by atoms with van der Waals surface area (Å²) in [6, 6.07) is 10.3. The number of nitrogens with zero attached hydrogens (tertiary/aromatic N) is 1. The maximum atomic E-state index is 12.6. The smallest absolute Gasteiger partial charge is 0.230 e. The normalized spacial score (nSPS) is 26.7. The molecule has 3 rings (SSSR count). The number of amides is 1. The highest BCUT2D eigenvalue weighted by Gasteiger charge is 2.35. The third-order valence-electron chi connectivity index (χ3n) is 4.66. The van der Waals surface area contributed by atoms with E-state index in [1.807, 2.05) is 18.2 Å². The zero-order valence-electron chi connectivity index (χ0n) is 12.4. The SMILES string of the molecule is C[C@@H]1CC2=C([C@H](C)CCC2)N(Cc2ccccc2)C1=O. The molecule has 0 radical (unpaired) electrons. The van der Waals surface area contributed by atoms with E-state index in [1.165, 1.54) is 36.1 Å². The second-order valence-corrected chi connectivity index (χ2v) is 6.30. The van der Waals surface area contributed by atoms with E-state index in [4.69, 9.17) is 0 Å². The van der Waals surface area contributed by atoms with E-state index in [1.54, 1.807) is 0 Å². The molecule has 0 unspecified atom stereocenters. The Hall–Kier alpha value is -1.57. The number of benzene rings is 1. The Morgan fingerprint density at radius 2 is 1.90 bits per heavy atom. The lowest BCUT2D eigenvalue weighted by molar-refractivity contribution is -0.135. The van der Waals surface area contributed by atoms with Crippen molar-refractivity contribution >= 4 is 5.91 Å². The standard InChI is InChI=1S/C18H23NO/c1-13-7-6-10-16-11-14(2)18(20)19(17(13)16)12-15-8-4-3-5-9-15/h3-5,8-9,13-14H,6-7,10-12H2,1-2H3/t13-,14-/m1/s1. The van der Waals surface area contributed by atoms with Crippen molar-refractivity contribution in [2.45, 2.75) is 46.1 Å². The van der Waals surface area contributed by atoms with Gasteiger partial charge in [-0.05, 0) is 42.7 Å². The van der Waals surface area contributed by atoms with Crippen molar-refractivity contribution in [2.75, 3.05) is 0 Å². The number of allylic oxidation sites excluding steroid dienone is 2. The zero-order valence-corrected chi connectivity index (χ0v) is 12.4. The van der Waals surface area contributed by atoms with Crippen molar-refractivity contribution < 1.29 is 4.79 Å². The average molecular weight is 269 g/mol. The molecule has 2 heteroatoms. The molecule has 0 saturated heterocycles. The molecule has 0 spiro atoms. The van der Waals surface area contributed by atoms with Gasteiger partial charge in [-0.2, -0.15) is 0 Å². The average Bonchev–Trinajstić information content (AvgIpc) is 2.45. The Kier molecular flexibility index (Phi) is 3.64. The highest BCUT2D eigenvalue weighted by molar-refractivity contribution is 5.82. The summed E-state index contributed by atoms with van der Waals surface area (Å²) < 4.78 is 0. The quantitative estimate of drug-likeness (QED) is 0.790. The Morgan fingerprint density at radius 1 is 1.15 bits per heavy atom. The van der Waals surface area contributed by atoms with Crippen LogP contribution in [0.2, 0.25) is 0 Å². The minimum Gasteiger partial charge on any atom is -0.311 e. The summed E-state index contributed by atoms with van der Waals surface area (Å²) in [6.07, 6.45) is 4.65. The fourth-order valence-corrected chi connectivity index (χ4v) is 3.67. The summed E-state index contributed by atoms with van der Waals surface area (Å²) in [5.41, 5.74) is 4.09. The molecule has 2 nitrogen and oxygen atoms in total. The number of rotatable bonds is 2. The van der Waals surface area contributed by atoms with Gasteiger partial charge < -0.3 is 4.90 Å². The topological polar surface area (TPSA) is 20.3 Å². The van der Waals surface area contributed by atoms with Gasteiger partial charge in [0.05, 0.1) is 6.54 Å². The summed E-state index contributed by atoms with van der Waals surface area (Å²) >= 11 is 0. The van der Waals surface area contributed by atoms with Crippen molar-refractivity contribution in [3.63, 3.8) is 0 Å². The second-order valence-electron chi connectivity index (χ2n) is 6.30. The van der Waals surface area contributed by atoms with Crippen molar-refractivity contribution in [3.05, 3.63) is 47.2 Å². The Bertz CT molecular complexity index is 532. The molecular weight excluding hydrogens is 246 g/mol. The van der Waals surface area contributed by atoms with Crippen LogP contribution in [0.3, 0.4) is 0 Å². The van der Waals surface area contributed by atoms with E-state index in [0.29, 0.717) is 11.8 Å². The van der Waals surface area contributed by atoms with Crippen LogP contribution in [-0.4, -0.2) is 10.8 Å². The fourth-order valence-electron chi connectivity index (χ4n) is 3.67. The Labute approximate surface area is 121 Å². The van der Waals surface area contributed by atoms with Crippen LogP contribution in [0.5, 0.6) is 0 Å². The van der Waals surface area contributed by atoms with Gasteiger partial charge in [0.25, 0.3) is 0 Å². The van der Waals surface area contributed by atoms with Crippen LogP contribution in [0.25, 0.3) is 0 Å². The number of hydrogen-bond donors (Lipinski definition) is 0. The third-order valence-corrected chi connectivity index (χ3v) is 4.66. The number of hydrogen-bond acceptors (Lipinski definition) is 1. The first-order valence-electron chi connectivity index (χ1n) is 7.74. The highest BCUT2D eigenvalue weighted by atomic mass is 16.2. The van der Waals surface area contributed by atoms with Gasteiger partial charge in [-0.1, -0.05) is 44.2 Å². The van der Waals surface area contributed by atoms with Gasteiger partial charge in [-0.15, -0.1) is 0 Å². The van der Waals surface area contributed by atoms with Crippen LogP contribution in [0.4, 0.5) is 0 Å². The van der Waals surface area contributed by atoms with Crippen LogP contribution in [0, 0.1) is 11.8 Å². The summed E-state index contributed by atoms with van der Waals surface area (Å²) in [5, 5.41) is 0. The molecule has 20 heavy (non-hydrogen) atoms. The maximum Gasteiger partial charge on any atom is 0.230 e. The van der Waals surface area contributed by atoms with E-state index in [2.05, 4.69) is 30.9 Å². The van der Waals surface area contributed by atoms with Gasteiger partial charge in [-0.3, -0.25) is 4.79 Å².